The highest BCUT2D eigenvalue weighted by Gasteiger charge is 2.33. The van der Waals surface area contributed by atoms with E-state index in [0.717, 1.165) is 62.6 Å². The molecule has 3 atom stereocenters. The molecule has 2 N–H and O–H groups in total. The van der Waals surface area contributed by atoms with Gasteiger partial charge in [0.15, 0.2) is 0 Å². The third-order valence-electron chi connectivity index (χ3n) is 7.42. The summed E-state index contributed by atoms with van der Waals surface area (Å²) in [5.41, 5.74) is 2.78. The molecule has 0 aromatic heterocycles. The molecule has 0 unspecified atom stereocenters. The summed E-state index contributed by atoms with van der Waals surface area (Å²) in [4.78, 5) is 40.8. The summed E-state index contributed by atoms with van der Waals surface area (Å²) < 4.78 is 0. The van der Waals surface area contributed by atoms with Crippen molar-refractivity contribution in [2.45, 2.75) is 70.4 Å². The summed E-state index contributed by atoms with van der Waals surface area (Å²) in [5.74, 6) is -0.152. The number of hydrogen-bond acceptors (Lipinski definition) is 3. The van der Waals surface area contributed by atoms with Gasteiger partial charge in [-0.25, -0.2) is 0 Å². The zero-order chi connectivity index (χ0) is 24.6. The fourth-order valence-corrected chi connectivity index (χ4v) is 5.32. The second kappa shape index (κ2) is 12.0. The monoisotopic (exact) mass is 475 g/mol. The topological polar surface area (TPSA) is 78.5 Å². The standard InChI is InChI=1S/C29H37N3O3/c1-21-10-5-6-14-24(21)29(35)31-26-16-8-7-15-25(26)30-28(34)23-13-9-19-32(20-23)27(33)18-17-22-11-3-2-4-12-22/h2-6,10-12,14,23,25-26H,7-9,13,15-20H2,1H3,(H,30,34)(H,31,35)/t23-,25-,26-/m1/s1. The lowest BCUT2D eigenvalue weighted by molar-refractivity contribution is -0.136. The zero-order valence-corrected chi connectivity index (χ0v) is 20.7. The Morgan fingerprint density at radius 3 is 2.29 bits per heavy atom. The Balaban J connectivity index is 1.31. The minimum Gasteiger partial charge on any atom is -0.351 e. The average molecular weight is 476 g/mol. The number of hydrogen-bond donors (Lipinski definition) is 2. The minimum absolute atomic E-state index is 0.00704. The summed E-state index contributed by atoms with van der Waals surface area (Å²) in [5, 5.41) is 6.41. The van der Waals surface area contributed by atoms with Gasteiger partial charge in [-0.15, -0.1) is 0 Å². The van der Waals surface area contributed by atoms with Crippen molar-refractivity contribution in [3.63, 3.8) is 0 Å². The van der Waals surface area contributed by atoms with E-state index in [-0.39, 0.29) is 35.7 Å². The van der Waals surface area contributed by atoms with E-state index in [1.54, 1.807) is 0 Å². The van der Waals surface area contributed by atoms with E-state index in [1.165, 1.54) is 0 Å². The first-order valence-electron chi connectivity index (χ1n) is 13.0. The van der Waals surface area contributed by atoms with Crippen molar-refractivity contribution in [2.24, 2.45) is 5.92 Å². The van der Waals surface area contributed by atoms with E-state index in [9.17, 15) is 14.4 Å². The molecular weight excluding hydrogens is 438 g/mol. The highest BCUT2D eigenvalue weighted by Crippen LogP contribution is 2.23. The SMILES string of the molecule is Cc1ccccc1C(=O)N[C@@H]1CCCC[C@H]1NC(=O)[C@@H]1CCCN(C(=O)CCc2ccccc2)C1. The predicted octanol–water partition coefficient (Wildman–Crippen LogP) is 4.02. The molecule has 1 heterocycles. The van der Waals surface area contributed by atoms with E-state index >= 15 is 0 Å². The molecule has 1 aliphatic carbocycles. The first-order chi connectivity index (χ1) is 17.0. The minimum atomic E-state index is -0.195. The van der Waals surface area contributed by atoms with Crippen molar-refractivity contribution in [1.82, 2.24) is 15.5 Å². The number of carbonyl (C=O) groups excluding carboxylic acids is 3. The third kappa shape index (κ3) is 6.71. The molecule has 4 rings (SSSR count). The lowest BCUT2D eigenvalue weighted by atomic mass is 9.88. The lowest BCUT2D eigenvalue weighted by Crippen LogP contribution is -2.55. The third-order valence-corrected chi connectivity index (χ3v) is 7.42. The summed E-state index contributed by atoms with van der Waals surface area (Å²) in [6, 6.07) is 17.5. The Kier molecular flexibility index (Phi) is 8.56. The van der Waals surface area contributed by atoms with E-state index in [0.29, 0.717) is 18.5 Å². The Labute approximate surface area is 208 Å². The van der Waals surface area contributed by atoms with Gasteiger partial charge in [-0.3, -0.25) is 14.4 Å². The predicted molar refractivity (Wildman–Crippen MR) is 137 cm³/mol. The number of carbonyl (C=O) groups is 3. The Morgan fingerprint density at radius 2 is 1.54 bits per heavy atom. The molecule has 1 aliphatic heterocycles. The maximum absolute atomic E-state index is 13.2. The van der Waals surface area contributed by atoms with E-state index in [2.05, 4.69) is 10.6 Å². The molecule has 2 aliphatic rings. The van der Waals surface area contributed by atoms with Gasteiger partial charge in [-0.05, 0) is 56.2 Å². The Bertz CT molecular complexity index is 1020. The maximum Gasteiger partial charge on any atom is 0.251 e. The van der Waals surface area contributed by atoms with Crippen LogP contribution in [0, 0.1) is 12.8 Å². The van der Waals surface area contributed by atoms with Crippen LogP contribution in [0.2, 0.25) is 0 Å². The summed E-state index contributed by atoms with van der Waals surface area (Å²) >= 11 is 0. The van der Waals surface area contributed by atoms with Crippen LogP contribution in [0.1, 0.15) is 66.4 Å². The maximum atomic E-state index is 13.2. The number of rotatable bonds is 7. The van der Waals surface area contributed by atoms with Crippen molar-refractivity contribution in [2.75, 3.05) is 13.1 Å². The first-order valence-corrected chi connectivity index (χ1v) is 13.0. The molecule has 0 radical (unpaired) electrons. The highest BCUT2D eigenvalue weighted by atomic mass is 16.2. The number of amides is 3. The van der Waals surface area contributed by atoms with Gasteiger partial charge in [0.2, 0.25) is 11.8 Å². The second-order valence-corrected chi connectivity index (χ2v) is 9.96. The lowest BCUT2D eigenvalue weighted by Gasteiger charge is -2.36. The molecule has 186 valence electrons. The van der Waals surface area contributed by atoms with E-state index < -0.39 is 0 Å². The molecule has 3 amide bonds. The second-order valence-electron chi connectivity index (χ2n) is 9.96. The van der Waals surface area contributed by atoms with Crippen molar-refractivity contribution in [1.29, 1.82) is 0 Å². The van der Waals surface area contributed by atoms with E-state index in [1.807, 2.05) is 66.4 Å². The van der Waals surface area contributed by atoms with Crippen LogP contribution in [0.5, 0.6) is 0 Å². The van der Waals surface area contributed by atoms with Gasteiger partial charge in [0.1, 0.15) is 0 Å². The number of piperidine rings is 1. The van der Waals surface area contributed by atoms with Crippen LogP contribution in [-0.4, -0.2) is 47.8 Å². The normalized spacial score (nSPS) is 22.3. The number of benzene rings is 2. The van der Waals surface area contributed by atoms with Crippen LogP contribution >= 0.6 is 0 Å². The van der Waals surface area contributed by atoms with Crippen molar-refractivity contribution < 1.29 is 14.4 Å². The Morgan fingerprint density at radius 1 is 0.857 bits per heavy atom. The van der Waals surface area contributed by atoms with Crippen molar-refractivity contribution in [3.8, 4) is 0 Å². The average Bonchev–Trinajstić information content (AvgIpc) is 2.89. The largest absolute Gasteiger partial charge is 0.351 e. The number of likely N-dealkylation sites (tertiary alicyclic amines) is 1. The van der Waals surface area contributed by atoms with Gasteiger partial charge in [-0.2, -0.15) is 0 Å². The fraction of sp³-hybridized carbons (Fsp3) is 0.483. The fourth-order valence-electron chi connectivity index (χ4n) is 5.32. The first kappa shape index (κ1) is 25.0. The molecule has 6 heteroatoms. The molecule has 35 heavy (non-hydrogen) atoms. The molecular formula is C29H37N3O3. The van der Waals surface area contributed by atoms with Crippen LogP contribution in [-0.2, 0) is 16.0 Å². The van der Waals surface area contributed by atoms with Gasteiger partial charge in [0.05, 0.1) is 5.92 Å². The van der Waals surface area contributed by atoms with Gasteiger partial charge in [0, 0.05) is 37.2 Å². The molecule has 1 saturated heterocycles. The van der Waals surface area contributed by atoms with Crippen LogP contribution < -0.4 is 10.6 Å². The van der Waals surface area contributed by atoms with Gasteiger partial charge < -0.3 is 15.5 Å². The van der Waals surface area contributed by atoms with Gasteiger partial charge >= 0.3 is 0 Å². The van der Waals surface area contributed by atoms with E-state index in [4.69, 9.17) is 0 Å². The molecule has 0 bridgehead atoms. The molecule has 2 aromatic carbocycles. The molecule has 1 saturated carbocycles. The molecule has 0 spiro atoms. The molecule has 2 aromatic rings. The summed E-state index contributed by atoms with van der Waals surface area (Å²) in [6.45, 7) is 3.13. The zero-order valence-electron chi connectivity index (χ0n) is 20.7. The number of nitrogens with one attached hydrogen (secondary N) is 2. The van der Waals surface area contributed by atoms with Crippen LogP contribution in [0.3, 0.4) is 0 Å². The highest BCUT2D eigenvalue weighted by molar-refractivity contribution is 5.95. The van der Waals surface area contributed by atoms with Crippen LogP contribution in [0.25, 0.3) is 0 Å². The van der Waals surface area contributed by atoms with Crippen LogP contribution in [0.4, 0.5) is 0 Å². The van der Waals surface area contributed by atoms with Gasteiger partial charge in [0.25, 0.3) is 5.91 Å². The molecule has 6 nitrogen and oxygen atoms in total. The quantitative estimate of drug-likeness (QED) is 0.635. The molecule has 2 fully saturated rings. The number of aryl methyl sites for hydroxylation is 2. The van der Waals surface area contributed by atoms with Gasteiger partial charge in [-0.1, -0.05) is 61.4 Å². The summed E-state index contributed by atoms with van der Waals surface area (Å²) in [6.07, 6.45) is 6.61. The Hall–Kier alpha value is -3.15. The number of nitrogens with zero attached hydrogens (tertiary/aromatic N) is 1. The summed E-state index contributed by atoms with van der Waals surface area (Å²) in [7, 11) is 0. The smallest absolute Gasteiger partial charge is 0.251 e. The van der Waals surface area contributed by atoms with Crippen molar-refractivity contribution in [3.05, 3.63) is 71.3 Å². The van der Waals surface area contributed by atoms with Crippen molar-refractivity contribution >= 4 is 17.7 Å². The van der Waals surface area contributed by atoms with Crippen LogP contribution in [0.15, 0.2) is 54.6 Å².